The van der Waals surface area contributed by atoms with Crippen LogP contribution in [0, 0.1) is 6.92 Å². The Bertz CT molecular complexity index is 623. The Labute approximate surface area is 142 Å². The first-order valence-corrected chi connectivity index (χ1v) is 8.85. The van der Waals surface area contributed by atoms with Crippen LogP contribution in [-0.2, 0) is 13.1 Å². The van der Waals surface area contributed by atoms with Crippen LogP contribution in [0.3, 0.4) is 0 Å². The molecule has 2 aromatic rings. The predicted molar refractivity (Wildman–Crippen MR) is 98.3 cm³/mol. The van der Waals surface area contributed by atoms with Gasteiger partial charge >= 0.3 is 0 Å². The molecule has 5 heteroatoms. The molecular formula is C18H25N3OS. The smallest absolute Gasteiger partial charge is 0.191 e. The monoisotopic (exact) mass is 331 g/mol. The van der Waals surface area contributed by atoms with E-state index in [0.29, 0.717) is 6.54 Å². The van der Waals surface area contributed by atoms with Gasteiger partial charge in [0.25, 0.3) is 0 Å². The molecule has 124 valence electrons. The van der Waals surface area contributed by atoms with E-state index in [2.05, 4.69) is 64.5 Å². The van der Waals surface area contributed by atoms with Crippen molar-refractivity contribution in [3.8, 4) is 5.75 Å². The SMILES string of the molecule is CCCOc1cc(C)ccc1CNC(=NC)NCc1ccsc1. The molecule has 0 unspecified atom stereocenters. The minimum atomic E-state index is 0.683. The summed E-state index contributed by atoms with van der Waals surface area (Å²) in [6.07, 6.45) is 1.00. The van der Waals surface area contributed by atoms with Gasteiger partial charge in [-0.1, -0.05) is 19.1 Å². The highest BCUT2D eigenvalue weighted by atomic mass is 32.1. The van der Waals surface area contributed by atoms with Gasteiger partial charge in [0, 0.05) is 25.7 Å². The zero-order valence-electron chi connectivity index (χ0n) is 14.1. The van der Waals surface area contributed by atoms with Gasteiger partial charge in [-0.25, -0.2) is 0 Å². The van der Waals surface area contributed by atoms with Gasteiger partial charge in [0.2, 0.25) is 0 Å². The fourth-order valence-electron chi connectivity index (χ4n) is 2.13. The zero-order chi connectivity index (χ0) is 16.5. The first-order valence-electron chi connectivity index (χ1n) is 7.91. The number of benzene rings is 1. The molecule has 0 fully saturated rings. The number of hydrogen-bond acceptors (Lipinski definition) is 3. The van der Waals surface area contributed by atoms with Crippen LogP contribution in [0.1, 0.15) is 30.0 Å². The van der Waals surface area contributed by atoms with Gasteiger partial charge in [-0.15, -0.1) is 0 Å². The molecule has 1 aromatic heterocycles. The Balaban J connectivity index is 1.92. The summed E-state index contributed by atoms with van der Waals surface area (Å²) < 4.78 is 5.85. The molecule has 0 aliphatic heterocycles. The van der Waals surface area contributed by atoms with E-state index >= 15 is 0 Å². The van der Waals surface area contributed by atoms with Crippen LogP contribution in [0.2, 0.25) is 0 Å². The van der Waals surface area contributed by atoms with Crippen LogP contribution in [0.4, 0.5) is 0 Å². The fraction of sp³-hybridized carbons (Fsp3) is 0.389. The quantitative estimate of drug-likeness (QED) is 0.600. The lowest BCUT2D eigenvalue weighted by atomic mass is 10.1. The summed E-state index contributed by atoms with van der Waals surface area (Å²) in [6.45, 7) is 6.39. The predicted octanol–water partition coefficient (Wildman–Crippen LogP) is 3.71. The second kappa shape index (κ2) is 9.20. The number of nitrogens with one attached hydrogen (secondary N) is 2. The largest absolute Gasteiger partial charge is 0.493 e. The van der Waals surface area contributed by atoms with Gasteiger partial charge in [0.15, 0.2) is 5.96 Å². The number of rotatable bonds is 7. The summed E-state index contributed by atoms with van der Waals surface area (Å²) in [4.78, 5) is 4.27. The van der Waals surface area contributed by atoms with Crippen molar-refractivity contribution in [1.29, 1.82) is 0 Å². The van der Waals surface area contributed by atoms with Gasteiger partial charge in [0.1, 0.15) is 5.75 Å². The summed E-state index contributed by atoms with van der Waals surface area (Å²) in [5, 5.41) is 10.9. The number of ether oxygens (including phenoxy) is 1. The maximum Gasteiger partial charge on any atom is 0.191 e. The molecule has 0 bridgehead atoms. The molecule has 0 saturated carbocycles. The topological polar surface area (TPSA) is 45.6 Å². The van der Waals surface area contributed by atoms with Crippen LogP contribution in [0.25, 0.3) is 0 Å². The van der Waals surface area contributed by atoms with Gasteiger partial charge in [-0.3, -0.25) is 4.99 Å². The van der Waals surface area contributed by atoms with Crippen molar-refractivity contribution in [2.75, 3.05) is 13.7 Å². The highest BCUT2D eigenvalue weighted by Crippen LogP contribution is 2.20. The Morgan fingerprint density at radius 1 is 1.22 bits per heavy atom. The van der Waals surface area contributed by atoms with Gasteiger partial charge in [-0.2, -0.15) is 11.3 Å². The van der Waals surface area contributed by atoms with Crippen molar-refractivity contribution in [2.45, 2.75) is 33.4 Å². The molecule has 1 heterocycles. The number of aliphatic imine (C=N–C) groups is 1. The summed E-state index contributed by atoms with van der Waals surface area (Å²) in [7, 11) is 1.78. The lowest BCUT2D eigenvalue weighted by Crippen LogP contribution is -2.36. The lowest BCUT2D eigenvalue weighted by molar-refractivity contribution is 0.313. The van der Waals surface area contributed by atoms with Crippen molar-refractivity contribution in [3.05, 3.63) is 51.7 Å². The van der Waals surface area contributed by atoms with E-state index in [1.54, 1.807) is 18.4 Å². The van der Waals surface area contributed by atoms with Crippen LogP contribution in [0.5, 0.6) is 5.75 Å². The second-order valence-corrected chi connectivity index (χ2v) is 6.15. The van der Waals surface area contributed by atoms with Crippen LogP contribution >= 0.6 is 11.3 Å². The van der Waals surface area contributed by atoms with Gasteiger partial charge in [0.05, 0.1) is 6.61 Å². The maximum absolute atomic E-state index is 5.85. The zero-order valence-corrected chi connectivity index (χ0v) is 14.9. The van der Waals surface area contributed by atoms with E-state index in [0.717, 1.165) is 36.8 Å². The van der Waals surface area contributed by atoms with Crippen molar-refractivity contribution in [3.63, 3.8) is 0 Å². The number of nitrogens with zero attached hydrogens (tertiary/aromatic N) is 1. The first-order chi connectivity index (χ1) is 11.2. The summed E-state index contributed by atoms with van der Waals surface area (Å²) in [5.41, 5.74) is 3.61. The fourth-order valence-corrected chi connectivity index (χ4v) is 2.80. The lowest BCUT2D eigenvalue weighted by Gasteiger charge is -2.15. The van der Waals surface area contributed by atoms with Crippen molar-refractivity contribution in [1.82, 2.24) is 10.6 Å². The third-order valence-electron chi connectivity index (χ3n) is 3.39. The number of hydrogen-bond donors (Lipinski definition) is 2. The Morgan fingerprint density at radius 3 is 2.74 bits per heavy atom. The molecule has 0 atom stereocenters. The standard InChI is InChI=1S/C18H25N3OS/c1-4-8-22-17-10-14(2)5-6-16(17)12-21-18(19-3)20-11-15-7-9-23-13-15/h5-7,9-10,13H,4,8,11-12H2,1-3H3,(H2,19,20,21). The van der Waals surface area contributed by atoms with Crippen LogP contribution in [-0.4, -0.2) is 19.6 Å². The van der Waals surface area contributed by atoms with E-state index in [-0.39, 0.29) is 0 Å². The van der Waals surface area contributed by atoms with E-state index in [1.807, 2.05) is 0 Å². The third kappa shape index (κ3) is 5.60. The summed E-state index contributed by atoms with van der Waals surface area (Å²) in [6, 6.07) is 8.42. The number of thiophene rings is 1. The van der Waals surface area contributed by atoms with Crippen LogP contribution in [0.15, 0.2) is 40.0 Å². The molecule has 4 nitrogen and oxygen atoms in total. The molecule has 2 N–H and O–H groups in total. The third-order valence-corrected chi connectivity index (χ3v) is 4.13. The molecule has 0 saturated heterocycles. The van der Waals surface area contributed by atoms with E-state index in [1.165, 1.54) is 11.1 Å². The maximum atomic E-state index is 5.85. The minimum absolute atomic E-state index is 0.683. The highest BCUT2D eigenvalue weighted by molar-refractivity contribution is 7.07. The van der Waals surface area contributed by atoms with Crippen molar-refractivity contribution >= 4 is 17.3 Å². The summed E-state index contributed by atoms with van der Waals surface area (Å²) >= 11 is 1.70. The Morgan fingerprint density at radius 2 is 2.04 bits per heavy atom. The molecular weight excluding hydrogens is 306 g/mol. The Kier molecular flexibility index (Phi) is 6.94. The molecule has 1 aromatic carbocycles. The highest BCUT2D eigenvalue weighted by Gasteiger charge is 2.06. The summed E-state index contributed by atoms with van der Waals surface area (Å²) in [5.74, 6) is 1.74. The van der Waals surface area contributed by atoms with Gasteiger partial charge < -0.3 is 15.4 Å². The minimum Gasteiger partial charge on any atom is -0.493 e. The van der Waals surface area contributed by atoms with Crippen LogP contribution < -0.4 is 15.4 Å². The van der Waals surface area contributed by atoms with E-state index < -0.39 is 0 Å². The molecule has 0 radical (unpaired) electrons. The molecule has 0 aliphatic carbocycles. The second-order valence-electron chi connectivity index (χ2n) is 5.37. The molecule has 23 heavy (non-hydrogen) atoms. The Hall–Kier alpha value is -2.01. The number of aryl methyl sites for hydroxylation is 1. The normalized spacial score (nSPS) is 11.3. The van der Waals surface area contributed by atoms with E-state index in [9.17, 15) is 0 Å². The van der Waals surface area contributed by atoms with E-state index in [4.69, 9.17) is 4.74 Å². The average molecular weight is 331 g/mol. The van der Waals surface area contributed by atoms with Crippen molar-refractivity contribution in [2.24, 2.45) is 4.99 Å². The molecule has 0 aliphatic rings. The first kappa shape index (κ1) is 17.3. The average Bonchev–Trinajstić information content (AvgIpc) is 3.07. The van der Waals surface area contributed by atoms with Gasteiger partial charge in [-0.05, 0) is 47.4 Å². The molecule has 0 amide bonds. The number of guanidine groups is 1. The van der Waals surface area contributed by atoms with Crippen molar-refractivity contribution < 1.29 is 4.74 Å². The molecule has 0 spiro atoms. The molecule has 2 rings (SSSR count).